The predicted molar refractivity (Wildman–Crippen MR) is 59.1 cm³/mol. The topological polar surface area (TPSA) is 41.6 Å². The number of anilines is 2. The number of rotatable bonds is 3. The molecule has 0 radical (unpaired) electrons. The van der Waals surface area contributed by atoms with E-state index in [9.17, 15) is 9.18 Å². The molecule has 0 unspecified atom stereocenters. The maximum absolute atomic E-state index is 13.5. The molecule has 1 aromatic carbocycles. The monoisotopic (exact) mass is 224 g/mol. The van der Waals surface area contributed by atoms with E-state index in [1.807, 2.05) is 0 Å². The number of benzene rings is 1. The smallest absolute Gasteiger partial charge is 0.244 e. The number of carbonyl (C=O) groups is 1. The fourth-order valence-corrected chi connectivity index (χ4v) is 1.74. The Bertz CT molecular complexity index is 409. The summed E-state index contributed by atoms with van der Waals surface area (Å²) in [6.07, 6.45) is 0. The van der Waals surface area contributed by atoms with E-state index in [-0.39, 0.29) is 18.1 Å². The van der Waals surface area contributed by atoms with Crippen molar-refractivity contribution in [2.45, 2.75) is 0 Å². The van der Waals surface area contributed by atoms with Gasteiger partial charge >= 0.3 is 0 Å². The maximum Gasteiger partial charge on any atom is 0.244 e. The van der Waals surface area contributed by atoms with Gasteiger partial charge in [-0.2, -0.15) is 0 Å². The second kappa shape index (κ2) is 4.49. The minimum Gasteiger partial charge on any atom is -0.383 e. The van der Waals surface area contributed by atoms with Gasteiger partial charge in [0.05, 0.1) is 18.8 Å². The number of carbonyl (C=O) groups excluding carboxylic acids is 1. The number of methoxy groups -OCH3 is 1. The summed E-state index contributed by atoms with van der Waals surface area (Å²) in [5, 5.41) is 2.54. The number of fused-ring (bicyclic) bond motifs is 1. The minimum atomic E-state index is -0.409. The van der Waals surface area contributed by atoms with E-state index in [1.165, 1.54) is 6.07 Å². The second-order valence-electron chi connectivity index (χ2n) is 3.60. The third-order valence-electron chi connectivity index (χ3n) is 2.50. The van der Waals surface area contributed by atoms with E-state index in [1.54, 1.807) is 24.1 Å². The molecule has 4 nitrogen and oxygen atoms in total. The van der Waals surface area contributed by atoms with E-state index < -0.39 is 5.82 Å². The highest BCUT2D eigenvalue weighted by Gasteiger charge is 2.23. The fourth-order valence-electron chi connectivity index (χ4n) is 1.74. The van der Waals surface area contributed by atoms with Crippen LogP contribution in [-0.2, 0) is 9.53 Å². The Balaban J connectivity index is 2.30. The van der Waals surface area contributed by atoms with Crippen LogP contribution in [0.1, 0.15) is 0 Å². The van der Waals surface area contributed by atoms with E-state index in [2.05, 4.69) is 5.32 Å². The molecule has 0 saturated carbocycles. The van der Waals surface area contributed by atoms with E-state index >= 15 is 0 Å². The molecule has 0 saturated heterocycles. The molecule has 1 aromatic rings. The van der Waals surface area contributed by atoms with Gasteiger partial charge in [-0.15, -0.1) is 0 Å². The fraction of sp³-hybridized carbons (Fsp3) is 0.364. The lowest BCUT2D eigenvalue weighted by Gasteiger charge is -2.30. The first-order valence-electron chi connectivity index (χ1n) is 5.04. The number of nitrogens with zero attached hydrogens (tertiary/aromatic N) is 1. The Morgan fingerprint density at radius 2 is 2.38 bits per heavy atom. The van der Waals surface area contributed by atoms with Gasteiger partial charge in [0.25, 0.3) is 0 Å². The number of amides is 1. The first-order chi connectivity index (χ1) is 7.72. The summed E-state index contributed by atoms with van der Waals surface area (Å²) in [4.78, 5) is 13.2. The van der Waals surface area contributed by atoms with Crippen LogP contribution in [0.5, 0.6) is 0 Å². The number of halogens is 1. The van der Waals surface area contributed by atoms with Crippen LogP contribution >= 0.6 is 0 Å². The molecule has 1 heterocycles. The molecule has 1 amide bonds. The van der Waals surface area contributed by atoms with Crippen LogP contribution in [0.2, 0.25) is 0 Å². The lowest BCUT2D eigenvalue weighted by Crippen LogP contribution is -2.40. The van der Waals surface area contributed by atoms with Gasteiger partial charge in [-0.05, 0) is 12.1 Å². The zero-order valence-electron chi connectivity index (χ0n) is 9.00. The Hall–Kier alpha value is -1.62. The third-order valence-corrected chi connectivity index (χ3v) is 2.50. The van der Waals surface area contributed by atoms with Crippen LogP contribution < -0.4 is 10.2 Å². The van der Waals surface area contributed by atoms with Gasteiger partial charge in [0.1, 0.15) is 11.5 Å². The Morgan fingerprint density at radius 1 is 1.56 bits per heavy atom. The van der Waals surface area contributed by atoms with Crippen LogP contribution in [0.3, 0.4) is 0 Å². The standard InChI is InChI=1S/C11H13FN2O2/c1-16-6-5-14-7-10(15)13-11-8(12)3-2-4-9(11)14/h2-4H,5-7H2,1H3,(H,13,15). The van der Waals surface area contributed by atoms with Crippen LogP contribution in [0.25, 0.3) is 0 Å². The number of nitrogens with one attached hydrogen (secondary N) is 1. The SMILES string of the molecule is COCCN1CC(=O)Nc2c(F)cccc21. The van der Waals surface area contributed by atoms with Gasteiger partial charge in [-0.25, -0.2) is 4.39 Å². The number of para-hydroxylation sites is 1. The second-order valence-corrected chi connectivity index (χ2v) is 3.60. The predicted octanol–water partition coefficient (Wildman–Crippen LogP) is 1.23. The van der Waals surface area contributed by atoms with Crippen molar-refractivity contribution >= 4 is 17.3 Å². The van der Waals surface area contributed by atoms with Gasteiger partial charge < -0.3 is 15.0 Å². The van der Waals surface area contributed by atoms with Gasteiger partial charge in [0.15, 0.2) is 0 Å². The van der Waals surface area contributed by atoms with E-state index in [4.69, 9.17) is 4.74 Å². The first-order valence-corrected chi connectivity index (χ1v) is 5.04. The summed E-state index contributed by atoms with van der Waals surface area (Å²) >= 11 is 0. The average molecular weight is 224 g/mol. The molecule has 0 fully saturated rings. The highest BCUT2D eigenvalue weighted by molar-refractivity contribution is 6.01. The molecule has 1 aliphatic rings. The zero-order chi connectivity index (χ0) is 11.5. The summed E-state index contributed by atoms with van der Waals surface area (Å²) in [6, 6.07) is 4.75. The molecule has 0 aromatic heterocycles. The molecule has 0 spiro atoms. The molecule has 86 valence electrons. The van der Waals surface area contributed by atoms with Gasteiger partial charge in [-0.3, -0.25) is 4.79 Å². The quantitative estimate of drug-likeness (QED) is 0.839. The number of ether oxygens (including phenoxy) is 1. The normalized spacial score (nSPS) is 14.6. The number of hydrogen-bond acceptors (Lipinski definition) is 3. The van der Waals surface area contributed by atoms with E-state index in [0.29, 0.717) is 18.8 Å². The number of hydrogen-bond donors (Lipinski definition) is 1. The summed E-state index contributed by atoms with van der Waals surface area (Å²) in [5.74, 6) is -0.610. The van der Waals surface area contributed by atoms with Gasteiger partial charge in [-0.1, -0.05) is 6.07 Å². The summed E-state index contributed by atoms with van der Waals surface area (Å²) < 4.78 is 18.4. The van der Waals surface area contributed by atoms with Crippen molar-refractivity contribution in [1.82, 2.24) is 0 Å². The molecule has 1 N–H and O–H groups in total. The van der Waals surface area contributed by atoms with Crippen molar-refractivity contribution in [2.24, 2.45) is 0 Å². The van der Waals surface area contributed by atoms with Crippen molar-refractivity contribution in [1.29, 1.82) is 0 Å². The van der Waals surface area contributed by atoms with Crippen molar-refractivity contribution in [3.63, 3.8) is 0 Å². The van der Waals surface area contributed by atoms with Gasteiger partial charge in [0.2, 0.25) is 5.91 Å². The Morgan fingerprint density at radius 3 is 3.12 bits per heavy atom. The minimum absolute atomic E-state index is 0.200. The Kier molecular flexibility index (Phi) is 3.05. The molecule has 0 atom stereocenters. The molecule has 1 aliphatic heterocycles. The molecule has 2 rings (SSSR count). The largest absolute Gasteiger partial charge is 0.383 e. The molecule has 0 bridgehead atoms. The van der Waals surface area contributed by atoms with Crippen molar-refractivity contribution in [3.05, 3.63) is 24.0 Å². The third kappa shape index (κ3) is 1.99. The molecule has 16 heavy (non-hydrogen) atoms. The highest BCUT2D eigenvalue weighted by atomic mass is 19.1. The van der Waals surface area contributed by atoms with Crippen molar-refractivity contribution < 1.29 is 13.9 Å². The lowest BCUT2D eigenvalue weighted by atomic mass is 10.2. The van der Waals surface area contributed by atoms with Crippen LogP contribution in [0, 0.1) is 5.82 Å². The first kappa shape index (κ1) is 10.9. The molecular weight excluding hydrogens is 211 g/mol. The van der Waals surface area contributed by atoms with E-state index in [0.717, 1.165) is 0 Å². The average Bonchev–Trinajstić information content (AvgIpc) is 2.27. The van der Waals surface area contributed by atoms with Crippen LogP contribution in [0.15, 0.2) is 18.2 Å². The summed E-state index contributed by atoms with van der Waals surface area (Å²) in [6.45, 7) is 1.31. The molecular formula is C11H13FN2O2. The summed E-state index contributed by atoms with van der Waals surface area (Å²) in [5.41, 5.74) is 0.964. The highest BCUT2D eigenvalue weighted by Crippen LogP contribution is 2.31. The van der Waals surface area contributed by atoms with Crippen LogP contribution in [0.4, 0.5) is 15.8 Å². The lowest BCUT2D eigenvalue weighted by molar-refractivity contribution is -0.115. The van der Waals surface area contributed by atoms with Crippen molar-refractivity contribution in [3.8, 4) is 0 Å². The molecule has 0 aliphatic carbocycles. The zero-order valence-corrected chi connectivity index (χ0v) is 9.00. The Labute approximate surface area is 93.0 Å². The van der Waals surface area contributed by atoms with Crippen molar-refractivity contribution in [2.75, 3.05) is 37.0 Å². The summed E-state index contributed by atoms with van der Waals surface area (Å²) in [7, 11) is 1.59. The maximum atomic E-state index is 13.5. The van der Waals surface area contributed by atoms with Gasteiger partial charge in [0, 0.05) is 13.7 Å². The van der Waals surface area contributed by atoms with Crippen LogP contribution in [-0.4, -0.2) is 32.7 Å². The molecule has 5 heteroatoms.